The molecule has 6 rings (SSSR count). The zero-order valence-electron chi connectivity index (χ0n) is 25.9. The Bertz CT molecular complexity index is 1590. The molecule has 0 radical (unpaired) electrons. The lowest BCUT2D eigenvalue weighted by Crippen LogP contribution is -2.63. The first kappa shape index (κ1) is 31.7. The second-order valence-corrected chi connectivity index (χ2v) is 16.5. The first-order valence-electron chi connectivity index (χ1n) is 15.6. The molecule has 0 saturated heterocycles. The fourth-order valence-electron chi connectivity index (χ4n) is 8.67. The minimum atomic E-state index is -0.674. The first-order chi connectivity index (χ1) is 20.9. The van der Waals surface area contributed by atoms with E-state index in [1.807, 2.05) is 49.5 Å². The van der Waals surface area contributed by atoms with E-state index in [0.29, 0.717) is 12.8 Å². The van der Waals surface area contributed by atoms with Crippen LogP contribution < -0.4 is 4.57 Å². The van der Waals surface area contributed by atoms with E-state index < -0.39 is 23.0 Å². The molecule has 8 atom stereocenters. The number of carbonyl (C=O) groups is 2. The summed E-state index contributed by atoms with van der Waals surface area (Å²) in [6, 6.07) is 9.82. The molecule has 2 aromatic heterocycles. The van der Waals surface area contributed by atoms with E-state index in [2.05, 4.69) is 38.1 Å². The number of hydrogen-bond acceptors (Lipinski definition) is 7. The molecule has 0 aliphatic heterocycles. The molecule has 3 aromatic rings. The first-order valence-corrected chi connectivity index (χ1v) is 17.8. The number of rotatable bonds is 7. The van der Waals surface area contributed by atoms with Gasteiger partial charge in [-0.2, -0.15) is 4.57 Å². The third-order valence-electron chi connectivity index (χ3n) is 11.5. The molecule has 6 nitrogen and oxygen atoms in total. The Kier molecular flexibility index (Phi) is 8.53. The van der Waals surface area contributed by atoms with Crippen molar-refractivity contribution < 1.29 is 24.0 Å². The molecule has 234 valence electrons. The predicted octanol–water partition coefficient (Wildman–Crippen LogP) is 7.28. The van der Waals surface area contributed by atoms with Crippen molar-refractivity contribution in [2.24, 2.45) is 34.0 Å². The van der Waals surface area contributed by atoms with Crippen LogP contribution >= 0.6 is 34.7 Å². The Hall–Kier alpha value is -2.26. The van der Waals surface area contributed by atoms with Crippen LogP contribution in [0.2, 0.25) is 5.02 Å². The standard InChI is InChI=1S/C35H42ClN2O4S2/c1-6-33(4)17-28(34(5)21(2)11-14-35(22(3)31(33)41)15-12-26(39)30(34)35)42-29(40)20-43-32-37-25-13-16-38(19-27(25)44-32)18-23-7-9-24(36)10-8-23/h6-10,13,16,19,21-22,28,30-31,41H,1,11-12,14-15,17-18,20H2,2-5H3/q+1/t21-,22+,28-,30+,31+,33-,34+,35+/m1/s1. The predicted molar refractivity (Wildman–Crippen MR) is 176 cm³/mol. The molecular formula is C35H42ClN2O4S2+. The number of hydrogen-bond donors (Lipinski definition) is 1. The molecule has 0 spiro atoms. The molecule has 0 unspecified atom stereocenters. The van der Waals surface area contributed by atoms with Crippen LogP contribution in [0.3, 0.4) is 0 Å². The Morgan fingerprint density at radius 2 is 2.00 bits per heavy atom. The van der Waals surface area contributed by atoms with Gasteiger partial charge in [0.15, 0.2) is 23.3 Å². The number of halogens is 1. The van der Waals surface area contributed by atoms with Gasteiger partial charge in [0, 0.05) is 39.8 Å². The average molecular weight is 654 g/mol. The van der Waals surface area contributed by atoms with Gasteiger partial charge in [-0.25, -0.2) is 4.98 Å². The molecule has 3 fully saturated rings. The monoisotopic (exact) mass is 653 g/mol. The summed E-state index contributed by atoms with van der Waals surface area (Å²) in [4.78, 5) is 31.9. The van der Waals surface area contributed by atoms with E-state index in [1.165, 1.54) is 11.8 Å². The molecule has 0 amide bonds. The van der Waals surface area contributed by atoms with E-state index in [-0.39, 0.29) is 40.7 Å². The summed E-state index contributed by atoms with van der Waals surface area (Å²) in [5, 5.41) is 12.5. The van der Waals surface area contributed by atoms with Crippen molar-refractivity contribution in [2.45, 2.75) is 82.9 Å². The normalized spacial score (nSPS) is 35.1. The molecular weight excluding hydrogens is 612 g/mol. The van der Waals surface area contributed by atoms with Crippen LogP contribution in [0.25, 0.3) is 10.2 Å². The number of thioether (sulfide) groups is 1. The zero-order valence-corrected chi connectivity index (χ0v) is 28.3. The number of esters is 1. The highest BCUT2D eigenvalue weighted by molar-refractivity contribution is 8.01. The minimum Gasteiger partial charge on any atom is -0.461 e. The maximum absolute atomic E-state index is 13.6. The van der Waals surface area contributed by atoms with Crippen molar-refractivity contribution in [1.82, 2.24) is 4.98 Å². The largest absolute Gasteiger partial charge is 0.461 e. The van der Waals surface area contributed by atoms with Gasteiger partial charge >= 0.3 is 5.97 Å². The summed E-state index contributed by atoms with van der Waals surface area (Å²) in [5.41, 5.74) is 0.601. The Morgan fingerprint density at radius 3 is 2.73 bits per heavy atom. The molecule has 2 heterocycles. The molecule has 9 heteroatoms. The lowest BCUT2D eigenvalue weighted by molar-refractivity contribution is -0.686. The number of carbonyl (C=O) groups excluding carboxylic acids is 2. The van der Waals surface area contributed by atoms with Crippen molar-refractivity contribution in [2.75, 3.05) is 5.75 Å². The Balaban J connectivity index is 1.21. The molecule has 1 aromatic carbocycles. The number of aromatic nitrogens is 2. The van der Waals surface area contributed by atoms with E-state index in [4.69, 9.17) is 21.3 Å². The summed E-state index contributed by atoms with van der Waals surface area (Å²) in [6.45, 7) is 13.3. The highest BCUT2D eigenvalue weighted by atomic mass is 35.5. The average Bonchev–Trinajstić information content (AvgIpc) is 3.58. The molecule has 3 saturated carbocycles. The van der Waals surface area contributed by atoms with Crippen molar-refractivity contribution in [3.05, 3.63) is 66.0 Å². The second-order valence-electron chi connectivity index (χ2n) is 13.8. The van der Waals surface area contributed by atoms with Crippen LogP contribution in [0.5, 0.6) is 0 Å². The lowest BCUT2D eigenvalue weighted by atomic mass is 9.44. The number of thiazole rings is 1. The van der Waals surface area contributed by atoms with Crippen molar-refractivity contribution in [3.8, 4) is 0 Å². The summed E-state index contributed by atoms with van der Waals surface area (Å²) < 4.78 is 10.4. The number of aliphatic hydroxyl groups excluding tert-OH is 1. The van der Waals surface area contributed by atoms with Crippen LogP contribution in [0, 0.1) is 34.0 Å². The van der Waals surface area contributed by atoms with Crippen LogP contribution in [0.15, 0.2) is 59.7 Å². The number of fused-ring (bicyclic) bond motifs is 1. The van der Waals surface area contributed by atoms with Crippen LogP contribution in [0.4, 0.5) is 0 Å². The van der Waals surface area contributed by atoms with E-state index >= 15 is 0 Å². The number of ketones is 1. The minimum absolute atomic E-state index is 0.0510. The van der Waals surface area contributed by atoms with Gasteiger partial charge in [-0.15, -0.1) is 17.9 Å². The van der Waals surface area contributed by atoms with E-state index in [0.717, 1.165) is 50.9 Å². The number of nitrogens with zero attached hydrogens (tertiary/aromatic N) is 2. The van der Waals surface area contributed by atoms with Gasteiger partial charge in [0.05, 0.1) is 17.4 Å². The molecule has 2 bridgehead atoms. The molecule has 3 aliphatic rings. The summed E-state index contributed by atoms with van der Waals surface area (Å²) in [6.07, 6.45) is 8.37. The maximum atomic E-state index is 13.6. The fraction of sp³-hybridized carbons (Fsp3) is 0.543. The number of benzene rings is 1. The van der Waals surface area contributed by atoms with Crippen molar-refractivity contribution >= 4 is 56.7 Å². The van der Waals surface area contributed by atoms with Gasteiger partial charge in [-0.05, 0) is 55.1 Å². The van der Waals surface area contributed by atoms with Gasteiger partial charge in [0.25, 0.3) is 0 Å². The summed E-state index contributed by atoms with van der Waals surface area (Å²) >= 11 is 8.98. The summed E-state index contributed by atoms with van der Waals surface area (Å²) in [5.74, 6) is -0.00968. The third-order valence-corrected chi connectivity index (χ3v) is 13.9. The van der Waals surface area contributed by atoms with E-state index in [1.54, 1.807) is 11.3 Å². The fourth-order valence-corrected chi connectivity index (χ4v) is 10.7. The maximum Gasteiger partial charge on any atom is 0.316 e. The Labute approximate surface area is 273 Å². The smallest absolute Gasteiger partial charge is 0.316 e. The second kappa shape index (κ2) is 11.8. The summed E-state index contributed by atoms with van der Waals surface area (Å²) in [7, 11) is 0. The van der Waals surface area contributed by atoms with Crippen LogP contribution in [-0.4, -0.2) is 39.8 Å². The SMILES string of the molecule is C=C[C@]1(C)C[C@@H](OC(=O)CSc2nc3cc[n+](Cc4ccc(Cl)cc4)cc3s2)[C@]2(C)[C@H](C)CC[C@]3(CCC(=O)[C@H]32)[C@@H](C)[C@@H]1O. The molecule has 44 heavy (non-hydrogen) atoms. The number of Topliss-reactive ketones (excluding diaryl/α,β-unsaturated/α-hetero) is 1. The number of aliphatic hydroxyl groups is 1. The quantitative estimate of drug-likeness (QED) is 0.125. The van der Waals surface area contributed by atoms with Gasteiger partial charge in [-0.3, -0.25) is 9.59 Å². The van der Waals surface area contributed by atoms with Gasteiger partial charge < -0.3 is 9.84 Å². The zero-order chi connectivity index (χ0) is 31.4. The Morgan fingerprint density at radius 1 is 1.25 bits per heavy atom. The van der Waals surface area contributed by atoms with Crippen molar-refractivity contribution in [1.29, 1.82) is 0 Å². The third kappa shape index (κ3) is 5.33. The lowest BCUT2D eigenvalue weighted by Gasteiger charge is -2.61. The highest BCUT2D eigenvalue weighted by Crippen LogP contribution is 2.68. The van der Waals surface area contributed by atoms with Crippen LogP contribution in [0.1, 0.15) is 65.4 Å². The molecule has 1 N–H and O–H groups in total. The van der Waals surface area contributed by atoms with E-state index in [9.17, 15) is 14.7 Å². The van der Waals surface area contributed by atoms with Gasteiger partial charge in [0.2, 0.25) is 0 Å². The highest BCUT2D eigenvalue weighted by Gasteiger charge is 2.68. The topological polar surface area (TPSA) is 80.4 Å². The molecule has 3 aliphatic carbocycles. The van der Waals surface area contributed by atoms with Crippen LogP contribution in [-0.2, 0) is 20.9 Å². The number of ether oxygens (including phenoxy) is 1. The van der Waals surface area contributed by atoms with Crippen molar-refractivity contribution in [3.63, 3.8) is 0 Å². The van der Waals surface area contributed by atoms with Gasteiger partial charge in [-0.1, -0.05) is 69.3 Å². The number of pyridine rings is 1. The van der Waals surface area contributed by atoms with Gasteiger partial charge in [0.1, 0.15) is 16.6 Å².